The maximum Gasteiger partial charge on any atom is 0.255 e. The number of carbonyl (C=O) groups excluding carboxylic acids is 1. The summed E-state index contributed by atoms with van der Waals surface area (Å²) in [6, 6.07) is 26.3. The van der Waals surface area contributed by atoms with Crippen molar-refractivity contribution in [3.8, 4) is 16.9 Å². The molecule has 1 saturated heterocycles. The average molecular weight is 485 g/mol. The molecule has 1 amide bonds. The van der Waals surface area contributed by atoms with E-state index in [-0.39, 0.29) is 5.91 Å². The van der Waals surface area contributed by atoms with Crippen LogP contribution in [0, 0.1) is 0 Å². The minimum Gasteiger partial charge on any atom is -0.492 e. The predicted octanol–water partition coefficient (Wildman–Crippen LogP) is 5.94. The molecule has 6 heteroatoms. The lowest BCUT2D eigenvalue weighted by atomic mass is 9.98. The number of nitrogens with one attached hydrogen (secondary N) is 1. The zero-order valence-corrected chi connectivity index (χ0v) is 20.1. The molecule has 1 aliphatic rings. The molecule has 4 aromatic carbocycles. The summed E-state index contributed by atoms with van der Waals surface area (Å²) in [5.74, 6) is 0.572. The summed E-state index contributed by atoms with van der Waals surface area (Å²) in [6.07, 6.45) is 0. The van der Waals surface area contributed by atoms with E-state index >= 15 is 0 Å². The SMILES string of the molecule is O=C(Nc1ccc(OCCN2CCOCC2)c2ccccc12)c1cccc(-c2ccccc2CF)c1. The van der Waals surface area contributed by atoms with Gasteiger partial charge in [0.25, 0.3) is 5.91 Å². The summed E-state index contributed by atoms with van der Waals surface area (Å²) in [5.41, 5.74) is 3.43. The van der Waals surface area contributed by atoms with Crippen LogP contribution in [0.3, 0.4) is 0 Å². The van der Waals surface area contributed by atoms with E-state index in [4.69, 9.17) is 9.47 Å². The molecule has 0 atom stereocenters. The summed E-state index contributed by atoms with van der Waals surface area (Å²) in [4.78, 5) is 15.5. The number of alkyl halides is 1. The number of hydrogen-bond acceptors (Lipinski definition) is 4. The van der Waals surface area contributed by atoms with Crippen LogP contribution in [0.2, 0.25) is 0 Å². The quantitative estimate of drug-likeness (QED) is 0.336. The molecular formula is C30H29FN2O3. The van der Waals surface area contributed by atoms with Crippen molar-refractivity contribution in [3.05, 3.63) is 96.1 Å². The molecule has 0 bridgehead atoms. The predicted molar refractivity (Wildman–Crippen MR) is 141 cm³/mol. The monoisotopic (exact) mass is 484 g/mol. The number of amides is 1. The fourth-order valence-electron chi connectivity index (χ4n) is 4.56. The number of morpholine rings is 1. The number of carbonyl (C=O) groups is 1. The number of fused-ring (bicyclic) bond motifs is 1. The summed E-state index contributed by atoms with van der Waals surface area (Å²) in [7, 11) is 0. The number of anilines is 1. The van der Waals surface area contributed by atoms with Gasteiger partial charge in [0.05, 0.1) is 13.2 Å². The van der Waals surface area contributed by atoms with Crippen LogP contribution >= 0.6 is 0 Å². The molecule has 1 aliphatic heterocycles. The number of halogens is 1. The highest BCUT2D eigenvalue weighted by molar-refractivity contribution is 6.10. The normalized spacial score (nSPS) is 14.0. The standard InChI is InChI=1S/C30H29FN2O3/c31-21-24-6-1-2-9-25(24)22-7-5-8-23(20-22)30(34)32-28-12-13-29(27-11-4-3-10-26(27)28)36-19-16-33-14-17-35-18-15-33/h1-13,20H,14-19,21H2,(H,32,34). The van der Waals surface area contributed by atoms with Crippen molar-refractivity contribution >= 4 is 22.4 Å². The molecule has 0 aliphatic carbocycles. The Morgan fingerprint density at radius 1 is 0.917 bits per heavy atom. The molecular weight excluding hydrogens is 455 g/mol. The fourth-order valence-corrected chi connectivity index (χ4v) is 4.56. The van der Waals surface area contributed by atoms with Gasteiger partial charge in [-0.1, -0.05) is 60.7 Å². The molecule has 0 radical (unpaired) electrons. The highest BCUT2D eigenvalue weighted by Gasteiger charge is 2.14. The van der Waals surface area contributed by atoms with E-state index < -0.39 is 6.67 Å². The lowest BCUT2D eigenvalue weighted by Crippen LogP contribution is -2.38. The van der Waals surface area contributed by atoms with Gasteiger partial charge in [0.2, 0.25) is 0 Å². The summed E-state index contributed by atoms with van der Waals surface area (Å²) >= 11 is 0. The molecule has 1 heterocycles. The lowest BCUT2D eigenvalue weighted by molar-refractivity contribution is 0.0323. The van der Waals surface area contributed by atoms with Crippen LogP contribution in [0.15, 0.2) is 84.9 Å². The Kier molecular flexibility index (Phi) is 7.55. The van der Waals surface area contributed by atoms with E-state index in [9.17, 15) is 9.18 Å². The third-order valence-electron chi connectivity index (χ3n) is 6.50. The zero-order valence-electron chi connectivity index (χ0n) is 20.1. The number of rotatable bonds is 8. The van der Waals surface area contributed by atoms with Crippen LogP contribution in [0.4, 0.5) is 10.1 Å². The number of hydrogen-bond donors (Lipinski definition) is 1. The Hall–Kier alpha value is -3.74. The first-order valence-electron chi connectivity index (χ1n) is 12.2. The van der Waals surface area contributed by atoms with Crippen LogP contribution in [0.1, 0.15) is 15.9 Å². The van der Waals surface area contributed by atoms with Crippen LogP contribution in [0.5, 0.6) is 5.75 Å². The van der Waals surface area contributed by atoms with Crippen LogP contribution in [-0.4, -0.2) is 50.3 Å². The average Bonchev–Trinajstić information content (AvgIpc) is 2.94. The zero-order chi connectivity index (χ0) is 24.7. The van der Waals surface area contributed by atoms with E-state index in [0.29, 0.717) is 23.4 Å². The molecule has 0 aromatic heterocycles. The van der Waals surface area contributed by atoms with Gasteiger partial charge in [-0.2, -0.15) is 0 Å². The smallest absolute Gasteiger partial charge is 0.255 e. The van der Waals surface area contributed by atoms with E-state index in [1.807, 2.05) is 66.7 Å². The van der Waals surface area contributed by atoms with Gasteiger partial charge in [-0.15, -0.1) is 0 Å². The minimum absolute atomic E-state index is 0.222. The molecule has 36 heavy (non-hydrogen) atoms. The lowest BCUT2D eigenvalue weighted by Gasteiger charge is -2.26. The topological polar surface area (TPSA) is 50.8 Å². The molecule has 5 rings (SSSR count). The third-order valence-corrected chi connectivity index (χ3v) is 6.50. The highest BCUT2D eigenvalue weighted by atomic mass is 19.1. The molecule has 1 N–H and O–H groups in total. The van der Waals surface area contributed by atoms with Gasteiger partial charge in [-0.3, -0.25) is 9.69 Å². The van der Waals surface area contributed by atoms with Gasteiger partial charge in [0.15, 0.2) is 0 Å². The number of nitrogens with zero attached hydrogens (tertiary/aromatic N) is 1. The van der Waals surface area contributed by atoms with E-state index in [1.165, 1.54) is 0 Å². The third kappa shape index (κ3) is 5.40. The van der Waals surface area contributed by atoms with E-state index in [1.54, 1.807) is 18.2 Å². The van der Waals surface area contributed by atoms with Crippen molar-refractivity contribution in [3.63, 3.8) is 0 Å². The van der Waals surface area contributed by atoms with Crippen molar-refractivity contribution in [2.75, 3.05) is 44.8 Å². The molecule has 5 nitrogen and oxygen atoms in total. The summed E-state index contributed by atoms with van der Waals surface area (Å²) in [5, 5.41) is 4.91. The summed E-state index contributed by atoms with van der Waals surface area (Å²) in [6.45, 7) is 4.26. The maximum absolute atomic E-state index is 13.5. The van der Waals surface area contributed by atoms with Gasteiger partial charge >= 0.3 is 0 Å². The second-order valence-electron chi connectivity index (χ2n) is 8.79. The van der Waals surface area contributed by atoms with Crippen molar-refractivity contribution in [1.82, 2.24) is 4.90 Å². The van der Waals surface area contributed by atoms with Crippen LogP contribution in [-0.2, 0) is 11.4 Å². The molecule has 184 valence electrons. The molecule has 1 fully saturated rings. The Morgan fingerprint density at radius 2 is 1.69 bits per heavy atom. The van der Waals surface area contributed by atoms with Crippen molar-refractivity contribution in [2.45, 2.75) is 6.67 Å². The first-order chi connectivity index (χ1) is 17.7. The fraction of sp³-hybridized carbons (Fsp3) is 0.233. The Morgan fingerprint density at radius 3 is 2.53 bits per heavy atom. The number of benzene rings is 4. The summed E-state index contributed by atoms with van der Waals surface area (Å²) < 4.78 is 25.0. The van der Waals surface area contributed by atoms with Gasteiger partial charge in [-0.05, 0) is 41.0 Å². The molecule has 0 unspecified atom stereocenters. The highest BCUT2D eigenvalue weighted by Crippen LogP contribution is 2.32. The van der Waals surface area contributed by atoms with Crippen LogP contribution in [0.25, 0.3) is 21.9 Å². The molecule has 4 aromatic rings. The second-order valence-corrected chi connectivity index (χ2v) is 8.79. The Bertz CT molecular complexity index is 1350. The number of ether oxygens (including phenoxy) is 2. The first-order valence-corrected chi connectivity index (χ1v) is 12.2. The van der Waals surface area contributed by atoms with E-state index in [0.717, 1.165) is 60.5 Å². The maximum atomic E-state index is 13.5. The minimum atomic E-state index is -0.556. The van der Waals surface area contributed by atoms with Gasteiger partial charge < -0.3 is 14.8 Å². The van der Waals surface area contributed by atoms with Crippen LogP contribution < -0.4 is 10.1 Å². The Labute approximate surface area is 210 Å². The molecule has 0 spiro atoms. The Balaban J connectivity index is 1.33. The second kappa shape index (κ2) is 11.3. The van der Waals surface area contributed by atoms with Crippen molar-refractivity contribution in [2.24, 2.45) is 0 Å². The van der Waals surface area contributed by atoms with Gasteiger partial charge in [0.1, 0.15) is 19.0 Å². The van der Waals surface area contributed by atoms with Gasteiger partial charge in [0, 0.05) is 41.7 Å². The first kappa shape index (κ1) is 24.0. The van der Waals surface area contributed by atoms with E-state index in [2.05, 4.69) is 10.2 Å². The molecule has 0 saturated carbocycles. The largest absolute Gasteiger partial charge is 0.492 e. The van der Waals surface area contributed by atoms with Crippen molar-refractivity contribution < 1.29 is 18.7 Å². The van der Waals surface area contributed by atoms with Crippen molar-refractivity contribution in [1.29, 1.82) is 0 Å². The van der Waals surface area contributed by atoms with Gasteiger partial charge in [-0.25, -0.2) is 4.39 Å².